The SMILES string of the molecule is CNC(=O)c1ccc(S(=O)(=O)NOCC(C)C)cc1. The molecule has 1 amide bonds. The topological polar surface area (TPSA) is 84.5 Å². The number of carbonyl (C=O) groups is 1. The number of amides is 1. The van der Waals surface area contributed by atoms with Crippen LogP contribution in [0.3, 0.4) is 0 Å². The van der Waals surface area contributed by atoms with E-state index in [0.717, 1.165) is 0 Å². The van der Waals surface area contributed by atoms with Gasteiger partial charge >= 0.3 is 0 Å². The summed E-state index contributed by atoms with van der Waals surface area (Å²) in [6.07, 6.45) is 0. The first-order valence-electron chi connectivity index (χ1n) is 5.82. The standard InChI is InChI=1S/C12H18N2O4S/c1-9(2)8-18-14-19(16,17)11-6-4-10(5-7-11)12(15)13-3/h4-7,9,14H,8H2,1-3H3,(H,13,15). The van der Waals surface area contributed by atoms with Gasteiger partial charge in [0.25, 0.3) is 15.9 Å². The van der Waals surface area contributed by atoms with E-state index in [2.05, 4.69) is 5.32 Å². The molecule has 0 aliphatic carbocycles. The van der Waals surface area contributed by atoms with Crippen LogP contribution in [0.15, 0.2) is 29.2 Å². The summed E-state index contributed by atoms with van der Waals surface area (Å²) in [5.74, 6) is -0.0497. The summed E-state index contributed by atoms with van der Waals surface area (Å²) in [5.41, 5.74) is 0.393. The van der Waals surface area contributed by atoms with Crippen molar-refractivity contribution in [2.75, 3.05) is 13.7 Å². The molecule has 0 fully saturated rings. The van der Waals surface area contributed by atoms with E-state index >= 15 is 0 Å². The Bertz CT molecular complexity index is 523. The first kappa shape index (κ1) is 15.6. The van der Waals surface area contributed by atoms with Crippen LogP contribution < -0.4 is 10.2 Å². The van der Waals surface area contributed by atoms with Crippen molar-refractivity contribution >= 4 is 15.9 Å². The van der Waals surface area contributed by atoms with E-state index in [1.54, 1.807) is 0 Å². The summed E-state index contributed by atoms with van der Waals surface area (Å²) < 4.78 is 23.7. The number of rotatable bonds is 6. The van der Waals surface area contributed by atoms with E-state index in [1.165, 1.54) is 31.3 Å². The smallest absolute Gasteiger partial charge is 0.262 e. The second-order valence-corrected chi connectivity index (χ2v) is 6.04. The van der Waals surface area contributed by atoms with Crippen molar-refractivity contribution in [3.63, 3.8) is 0 Å². The van der Waals surface area contributed by atoms with Gasteiger partial charge in [-0.05, 0) is 30.2 Å². The molecule has 19 heavy (non-hydrogen) atoms. The molecule has 1 rings (SSSR count). The third kappa shape index (κ3) is 4.62. The fraction of sp³-hybridized carbons (Fsp3) is 0.417. The van der Waals surface area contributed by atoms with Crippen molar-refractivity contribution in [1.29, 1.82) is 0 Å². The first-order valence-corrected chi connectivity index (χ1v) is 7.31. The summed E-state index contributed by atoms with van der Waals surface area (Å²) in [6, 6.07) is 5.59. The average molecular weight is 286 g/mol. The third-order valence-electron chi connectivity index (χ3n) is 2.24. The zero-order valence-corrected chi connectivity index (χ0v) is 12.0. The van der Waals surface area contributed by atoms with E-state index in [4.69, 9.17) is 4.84 Å². The van der Waals surface area contributed by atoms with Crippen molar-refractivity contribution in [2.45, 2.75) is 18.7 Å². The molecule has 0 saturated heterocycles. The highest BCUT2D eigenvalue weighted by Gasteiger charge is 2.15. The van der Waals surface area contributed by atoms with Crippen LogP contribution in [0.4, 0.5) is 0 Å². The largest absolute Gasteiger partial charge is 0.355 e. The normalized spacial score (nSPS) is 11.6. The van der Waals surface area contributed by atoms with Gasteiger partial charge in [0.15, 0.2) is 0 Å². The van der Waals surface area contributed by atoms with Gasteiger partial charge in [0, 0.05) is 12.6 Å². The molecule has 0 aliphatic rings. The van der Waals surface area contributed by atoms with Crippen LogP contribution in [0.2, 0.25) is 0 Å². The molecule has 0 aromatic heterocycles. The van der Waals surface area contributed by atoms with Crippen molar-refractivity contribution in [3.05, 3.63) is 29.8 Å². The fourth-order valence-electron chi connectivity index (χ4n) is 1.26. The van der Waals surface area contributed by atoms with E-state index in [1.807, 2.05) is 18.7 Å². The minimum atomic E-state index is -3.71. The highest BCUT2D eigenvalue weighted by molar-refractivity contribution is 7.89. The maximum atomic E-state index is 11.8. The zero-order valence-electron chi connectivity index (χ0n) is 11.1. The predicted octanol–water partition coefficient (Wildman–Crippen LogP) is 0.912. The van der Waals surface area contributed by atoms with Crippen LogP contribution in [0, 0.1) is 5.92 Å². The molecule has 0 heterocycles. The Morgan fingerprint density at radius 1 is 1.26 bits per heavy atom. The Kier molecular flexibility index (Phi) is 5.46. The number of benzene rings is 1. The van der Waals surface area contributed by atoms with Crippen LogP contribution in [0.5, 0.6) is 0 Å². The van der Waals surface area contributed by atoms with Crippen LogP contribution in [-0.2, 0) is 14.9 Å². The Balaban J connectivity index is 2.76. The number of carbonyl (C=O) groups excluding carboxylic acids is 1. The van der Waals surface area contributed by atoms with Crippen LogP contribution >= 0.6 is 0 Å². The maximum absolute atomic E-state index is 11.8. The molecule has 0 spiro atoms. The quantitative estimate of drug-likeness (QED) is 0.761. The molecule has 0 saturated carbocycles. The Morgan fingerprint density at radius 2 is 1.84 bits per heavy atom. The fourth-order valence-corrected chi connectivity index (χ4v) is 2.07. The van der Waals surface area contributed by atoms with E-state index in [9.17, 15) is 13.2 Å². The third-order valence-corrected chi connectivity index (χ3v) is 3.47. The number of sulfonamides is 1. The van der Waals surface area contributed by atoms with Crippen LogP contribution in [0.25, 0.3) is 0 Å². The van der Waals surface area contributed by atoms with Gasteiger partial charge < -0.3 is 5.32 Å². The minimum Gasteiger partial charge on any atom is -0.355 e. The van der Waals surface area contributed by atoms with Gasteiger partial charge in [0.2, 0.25) is 0 Å². The molecule has 2 N–H and O–H groups in total. The number of hydrogen-bond donors (Lipinski definition) is 2. The summed E-state index contributed by atoms with van der Waals surface area (Å²) in [4.78, 5) is 18.3. The van der Waals surface area contributed by atoms with Crippen LogP contribution in [0.1, 0.15) is 24.2 Å². The monoisotopic (exact) mass is 286 g/mol. The lowest BCUT2D eigenvalue weighted by molar-refractivity contribution is 0.0718. The molecule has 7 heteroatoms. The predicted molar refractivity (Wildman–Crippen MR) is 70.9 cm³/mol. The Hall–Kier alpha value is -1.44. The maximum Gasteiger partial charge on any atom is 0.262 e. The molecule has 106 valence electrons. The van der Waals surface area contributed by atoms with Gasteiger partial charge in [0.05, 0.1) is 11.5 Å². The number of nitrogens with one attached hydrogen (secondary N) is 2. The molecule has 0 unspecified atom stereocenters. The second kappa shape index (κ2) is 6.65. The summed E-state index contributed by atoms with van der Waals surface area (Å²) in [6.45, 7) is 4.11. The van der Waals surface area contributed by atoms with Crippen molar-refractivity contribution in [2.24, 2.45) is 5.92 Å². The van der Waals surface area contributed by atoms with Gasteiger partial charge in [-0.3, -0.25) is 9.63 Å². The molecule has 0 aliphatic heterocycles. The molecular formula is C12H18N2O4S. The van der Waals surface area contributed by atoms with Gasteiger partial charge in [-0.15, -0.1) is 0 Å². The van der Waals surface area contributed by atoms with E-state index in [0.29, 0.717) is 5.56 Å². The summed E-state index contributed by atoms with van der Waals surface area (Å²) in [7, 11) is -2.20. The van der Waals surface area contributed by atoms with Gasteiger partial charge in [-0.1, -0.05) is 18.7 Å². The first-order chi connectivity index (χ1) is 8.86. The molecule has 0 bridgehead atoms. The van der Waals surface area contributed by atoms with Crippen molar-refractivity contribution in [3.8, 4) is 0 Å². The lowest BCUT2D eigenvalue weighted by Gasteiger charge is -2.09. The highest BCUT2D eigenvalue weighted by atomic mass is 32.2. The number of hydrogen-bond acceptors (Lipinski definition) is 4. The van der Waals surface area contributed by atoms with Gasteiger partial charge in [-0.25, -0.2) is 8.42 Å². The lowest BCUT2D eigenvalue weighted by atomic mass is 10.2. The molecule has 0 radical (unpaired) electrons. The van der Waals surface area contributed by atoms with E-state index < -0.39 is 10.0 Å². The Labute approximate surface area is 113 Å². The van der Waals surface area contributed by atoms with E-state index in [-0.39, 0.29) is 23.3 Å². The van der Waals surface area contributed by atoms with Gasteiger partial charge in [-0.2, -0.15) is 0 Å². The van der Waals surface area contributed by atoms with Gasteiger partial charge in [0.1, 0.15) is 0 Å². The molecule has 6 nitrogen and oxygen atoms in total. The summed E-state index contributed by atoms with van der Waals surface area (Å²) in [5, 5.41) is 2.46. The molecule has 0 atom stereocenters. The zero-order chi connectivity index (χ0) is 14.5. The van der Waals surface area contributed by atoms with Crippen LogP contribution in [-0.4, -0.2) is 28.0 Å². The highest BCUT2D eigenvalue weighted by Crippen LogP contribution is 2.10. The molecule has 1 aromatic carbocycles. The molecule has 1 aromatic rings. The van der Waals surface area contributed by atoms with Crippen molar-refractivity contribution < 1.29 is 18.0 Å². The van der Waals surface area contributed by atoms with Crippen molar-refractivity contribution in [1.82, 2.24) is 10.2 Å². The Morgan fingerprint density at radius 3 is 2.32 bits per heavy atom. The summed E-state index contributed by atoms with van der Waals surface area (Å²) >= 11 is 0. The molecular weight excluding hydrogens is 268 g/mol. The minimum absolute atomic E-state index is 0.0453. The lowest BCUT2D eigenvalue weighted by Crippen LogP contribution is -2.26. The average Bonchev–Trinajstić information content (AvgIpc) is 2.37. The second-order valence-electron chi connectivity index (χ2n) is 4.40.